The Hall–Kier alpha value is -0.0800. The van der Waals surface area contributed by atoms with E-state index in [1.54, 1.807) is 0 Å². The van der Waals surface area contributed by atoms with Gasteiger partial charge in [0.1, 0.15) is 0 Å². The summed E-state index contributed by atoms with van der Waals surface area (Å²) in [7, 11) is 0. The molecule has 0 atom stereocenters. The molecule has 2 heteroatoms. The van der Waals surface area contributed by atoms with Gasteiger partial charge in [-0.3, -0.25) is 0 Å². The molecule has 2 N–H and O–H groups in total. The van der Waals surface area contributed by atoms with Crippen molar-refractivity contribution in [3.05, 3.63) is 0 Å². The van der Waals surface area contributed by atoms with Gasteiger partial charge in [0.15, 0.2) is 0 Å². The van der Waals surface area contributed by atoms with E-state index in [9.17, 15) is 0 Å². The van der Waals surface area contributed by atoms with Crippen LogP contribution in [0.5, 0.6) is 0 Å². The molecular weight excluding hydrogens is 184 g/mol. The molecule has 0 radical (unpaired) electrons. The van der Waals surface area contributed by atoms with Gasteiger partial charge in [-0.15, -0.1) is 0 Å². The van der Waals surface area contributed by atoms with Crippen LogP contribution in [0.3, 0.4) is 0 Å². The van der Waals surface area contributed by atoms with Crippen LogP contribution in [0.2, 0.25) is 0 Å². The van der Waals surface area contributed by atoms with E-state index in [-0.39, 0.29) is 0 Å². The van der Waals surface area contributed by atoms with Crippen molar-refractivity contribution in [2.24, 2.45) is 5.73 Å². The molecule has 0 aromatic carbocycles. The average Bonchev–Trinajstić information content (AvgIpc) is 2.21. The van der Waals surface area contributed by atoms with Gasteiger partial charge in [-0.2, -0.15) is 0 Å². The summed E-state index contributed by atoms with van der Waals surface area (Å²) in [5.41, 5.74) is 5.46. The summed E-state index contributed by atoms with van der Waals surface area (Å²) in [4.78, 5) is 2.59. The van der Waals surface area contributed by atoms with Crippen LogP contribution in [0.1, 0.15) is 59.3 Å². The van der Waals surface area contributed by atoms with Crippen LogP contribution in [-0.2, 0) is 0 Å². The zero-order chi connectivity index (χ0) is 11.5. The largest absolute Gasteiger partial charge is 0.330 e. The second-order valence-corrected chi connectivity index (χ2v) is 4.69. The predicted octanol–water partition coefficient (Wildman–Crippen LogP) is 3.02. The minimum atomic E-state index is 0.703. The molecule has 0 fully saturated rings. The third-order valence-electron chi connectivity index (χ3n) is 2.89. The molecule has 0 saturated carbocycles. The van der Waals surface area contributed by atoms with Crippen molar-refractivity contribution in [3.63, 3.8) is 0 Å². The average molecular weight is 214 g/mol. The number of nitrogens with two attached hydrogens (primary N) is 1. The lowest BCUT2D eigenvalue weighted by Crippen LogP contribution is -2.32. The fourth-order valence-electron chi connectivity index (χ4n) is 1.90. The number of nitrogens with zero attached hydrogens (tertiary/aromatic N) is 1. The Morgan fingerprint density at radius 3 is 2.07 bits per heavy atom. The Bertz CT molecular complexity index is 124. The summed E-state index contributed by atoms with van der Waals surface area (Å²) in [6, 6.07) is 0.703. The van der Waals surface area contributed by atoms with E-state index in [0.717, 1.165) is 6.54 Å². The second-order valence-electron chi connectivity index (χ2n) is 4.69. The van der Waals surface area contributed by atoms with Gasteiger partial charge < -0.3 is 10.6 Å². The fraction of sp³-hybridized carbons (Fsp3) is 1.00. The molecule has 0 aliphatic heterocycles. The molecule has 0 rings (SSSR count). The van der Waals surface area contributed by atoms with Crippen LogP contribution in [0.25, 0.3) is 0 Å². The summed E-state index contributed by atoms with van der Waals surface area (Å²) in [5.74, 6) is 0. The molecule has 92 valence electrons. The highest BCUT2D eigenvalue weighted by atomic mass is 15.1. The third-order valence-corrected chi connectivity index (χ3v) is 2.89. The molecular formula is C13H30N2. The standard InChI is InChI=1S/C13H30N2/c1-4-11-15(13(2)3)12-9-7-5-6-8-10-14/h13H,4-12,14H2,1-3H3. The van der Waals surface area contributed by atoms with Crippen LogP contribution in [0, 0.1) is 0 Å². The first kappa shape index (κ1) is 14.9. The van der Waals surface area contributed by atoms with Crippen molar-refractivity contribution < 1.29 is 0 Å². The van der Waals surface area contributed by atoms with Crippen molar-refractivity contribution in [1.29, 1.82) is 0 Å². The molecule has 2 nitrogen and oxygen atoms in total. The van der Waals surface area contributed by atoms with Gasteiger partial charge in [0.25, 0.3) is 0 Å². The van der Waals surface area contributed by atoms with Gasteiger partial charge in [-0.1, -0.05) is 26.2 Å². The van der Waals surface area contributed by atoms with E-state index in [0.29, 0.717) is 6.04 Å². The number of rotatable bonds is 10. The lowest BCUT2D eigenvalue weighted by molar-refractivity contribution is 0.217. The molecule has 0 aliphatic carbocycles. The summed E-state index contributed by atoms with van der Waals surface area (Å²) >= 11 is 0. The molecule has 0 amide bonds. The van der Waals surface area contributed by atoms with Crippen molar-refractivity contribution in [2.75, 3.05) is 19.6 Å². The monoisotopic (exact) mass is 214 g/mol. The lowest BCUT2D eigenvalue weighted by atomic mass is 10.1. The second kappa shape index (κ2) is 10.4. The van der Waals surface area contributed by atoms with E-state index in [1.165, 1.54) is 51.6 Å². The van der Waals surface area contributed by atoms with Gasteiger partial charge in [-0.25, -0.2) is 0 Å². The predicted molar refractivity (Wildman–Crippen MR) is 69.1 cm³/mol. The summed E-state index contributed by atoms with van der Waals surface area (Å²) < 4.78 is 0. The zero-order valence-electron chi connectivity index (χ0n) is 11.0. The summed E-state index contributed by atoms with van der Waals surface area (Å²) in [6.45, 7) is 10.2. The SMILES string of the molecule is CCCN(CCCCCCCN)C(C)C. The molecule has 15 heavy (non-hydrogen) atoms. The normalized spacial score (nSPS) is 11.6. The van der Waals surface area contributed by atoms with Crippen molar-refractivity contribution in [2.45, 2.75) is 65.3 Å². The van der Waals surface area contributed by atoms with Gasteiger partial charge in [0.2, 0.25) is 0 Å². The molecule has 0 aromatic heterocycles. The highest BCUT2D eigenvalue weighted by Gasteiger charge is 2.06. The van der Waals surface area contributed by atoms with Crippen LogP contribution >= 0.6 is 0 Å². The molecule has 0 spiro atoms. The van der Waals surface area contributed by atoms with E-state index in [1.807, 2.05) is 0 Å². The van der Waals surface area contributed by atoms with Gasteiger partial charge in [0.05, 0.1) is 0 Å². The summed E-state index contributed by atoms with van der Waals surface area (Å²) in [5, 5.41) is 0. The quantitative estimate of drug-likeness (QED) is 0.566. The van der Waals surface area contributed by atoms with Crippen LogP contribution in [0.4, 0.5) is 0 Å². The number of hydrogen-bond acceptors (Lipinski definition) is 2. The zero-order valence-corrected chi connectivity index (χ0v) is 11.0. The van der Waals surface area contributed by atoms with Crippen LogP contribution < -0.4 is 5.73 Å². The first-order valence-electron chi connectivity index (χ1n) is 6.66. The maximum atomic E-state index is 5.46. The van der Waals surface area contributed by atoms with E-state index in [2.05, 4.69) is 25.7 Å². The number of hydrogen-bond donors (Lipinski definition) is 1. The lowest BCUT2D eigenvalue weighted by Gasteiger charge is -2.25. The molecule has 0 bridgehead atoms. The van der Waals surface area contributed by atoms with Crippen molar-refractivity contribution in [3.8, 4) is 0 Å². The Balaban J connectivity index is 3.37. The molecule has 0 unspecified atom stereocenters. The van der Waals surface area contributed by atoms with Gasteiger partial charge >= 0.3 is 0 Å². The van der Waals surface area contributed by atoms with E-state index in [4.69, 9.17) is 5.73 Å². The molecule has 0 aliphatic rings. The Morgan fingerprint density at radius 2 is 1.53 bits per heavy atom. The minimum Gasteiger partial charge on any atom is -0.330 e. The third kappa shape index (κ3) is 8.88. The van der Waals surface area contributed by atoms with Gasteiger partial charge in [0, 0.05) is 6.04 Å². The molecule has 0 saturated heterocycles. The van der Waals surface area contributed by atoms with Crippen LogP contribution in [0.15, 0.2) is 0 Å². The fourth-order valence-corrected chi connectivity index (χ4v) is 1.90. The highest BCUT2D eigenvalue weighted by molar-refractivity contribution is 4.62. The maximum Gasteiger partial charge on any atom is 0.00385 e. The van der Waals surface area contributed by atoms with Crippen molar-refractivity contribution in [1.82, 2.24) is 4.90 Å². The smallest absolute Gasteiger partial charge is 0.00385 e. The van der Waals surface area contributed by atoms with Gasteiger partial charge in [-0.05, 0) is 52.7 Å². The van der Waals surface area contributed by atoms with Crippen molar-refractivity contribution >= 4 is 0 Å². The number of unbranched alkanes of at least 4 members (excludes halogenated alkanes) is 4. The molecule has 0 heterocycles. The molecule has 0 aromatic rings. The maximum absolute atomic E-state index is 5.46. The topological polar surface area (TPSA) is 29.3 Å². The van der Waals surface area contributed by atoms with Crippen LogP contribution in [-0.4, -0.2) is 30.6 Å². The Kier molecular flexibility index (Phi) is 10.4. The van der Waals surface area contributed by atoms with E-state index >= 15 is 0 Å². The minimum absolute atomic E-state index is 0.703. The van der Waals surface area contributed by atoms with E-state index < -0.39 is 0 Å². The first-order chi connectivity index (χ1) is 7.22. The first-order valence-corrected chi connectivity index (χ1v) is 6.66. The summed E-state index contributed by atoms with van der Waals surface area (Å²) in [6.07, 6.45) is 7.85. The Morgan fingerprint density at radius 1 is 0.933 bits per heavy atom. The highest BCUT2D eigenvalue weighted by Crippen LogP contribution is 2.06. The Labute approximate surface area is 96.2 Å².